The summed E-state index contributed by atoms with van der Waals surface area (Å²) in [5, 5.41) is 4.14. The second kappa shape index (κ2) is 7.20. The summed E-state index contributed by atoms with van der Waals surface area (Å²) in [6.07, 6.45) is -2.25. The molecule has 5 rings (SSSR count). The standard InChI is InChI=1S/C22H20F3N3O2S/c23-22(24,25)16-4-2-5-17(10-16)31(29,30)18-9-14-3-1-6-20(21(14)27-11-18)28-12-15-7-8-26-19(15)13-28/h1-6,9-11,15,19,26H,7-8,12-13H2. The number of hydrogen-bond donors (Lipinski definition) is 1. The van der Waals surface area contributed by atoms with Crippen LogP contribution >= 0.6 is 0 Å². The largest absolute Gasteiger partial charge is 0.416 e. The van der Waals surface area contributed by atoms with Gasteiger partial charge in [-0.1, -0.05) is 18.2 Å². The van der Waals surface area contributed by atoms with E-state index in [1.807, 2.05) is 12.1 Å². The number of rotatable bonds is 3. The Kier molecular flexibility index (Phi) is 4.71. The van der Waals surface area contributed by atoms with E-state index in [1.165, 1.54) is 18.3 Å². The van der Waals surface area contributed by atoms with Gasteiger partial charge in [0.2, 0.25) is 9.84 Å². The van der Waals surface area contributed by atoms with Crippen molar-refractivity contribution < 1.29 is 21.6 Å². The fraction of sp³-hybridized carbons (Fsp3) is 0.318. The van der Waals surface area contributed by atoms with Gasteiger partial charge in [-0.15, -0.1) is 0 Å². The third-order valence-corrected chi connectivity index (χ3v) is 7.87. The highest BCUT2D eigenvalue weighted by atomic mass is 32.2. The van der Waals surface area contributed by atoms with E-state index < -0.39 is 26.5 Å². The number of nitrogens with zero attached hydrogens (tertiary/aromatic N) is 2. The molecule has 2 fully saturated rings. The number of anilines is 1. The third kappa shape index (κ3) is 3.55. The predicted molar refractivity (Wildman–Crippen MR) is 111 cm³/mol. The number of sulfone groups is 1. The number of hydrogen-bond acceptors (Lipinski definition) is 5. The molecule has 0 amide bonds. The molecule has 2 aliphatic heterocycles. The lowest BCUT2D eigenvalue weighted by atomic mass is 10.1. The first kappa shape index (κ1) is 20.3. The second-order valence-corrected chi connectivity index (χ2v) is 10.0. The van der Waals surface area contributed by atoms with Crippen molar-refractivity contribution in [3.05, 3.63) is 60.3 Å². The average Bonchev–Trinajstić information content (AvgIpc) is 3.34. The van der Waals surface area contributed by atoms with Crippen molar-refractivity contribution in [2.75, 3.05) is 24.5 Å². The van der Waals surface area contributed by atoms with E-state index in [1.54, 1.807) is 6.07 Å². The van der Waals surface area contributed by atoms with Crippen LogP contribution in [-0.4, -0.2) is 39.1 Å². The molecule has 2 aliphatic rings. The van der Waals surface area contributed by atoms with E-state index in [4.69, 9.17) is 0 Å². The number of benzene rings is 2. The van der Waals surface area contributed by atoms with Gasteiger partial charge in [0.25, 0.3) is 0 Å². The van der Waals surface area contributed by atoms with Crippen LogP contribution in [0.4, 0.5) is 18.9 Å². The van der Waals surface area contributed by atoms with Crippen molar-refractivity contribution in [1.82, 2.24) is 10.3 Å². The molecule has 9 heteroatoms. The zero-order chi connectivity index (χ0) is 21.8. The van der Waals surface area contributed by atoms with Crippen LogP contribution in [-0.2, 0) is 16.0 Å². The van der Waals surface area contributed by atoms with Gasteiger partial charge in [-0.2, -0.15) is 13.2 Å². The van der Waals surface area contributed by atoms with Gasteiger partial charge in [0.05, 0.1) is 26.6 Å². The van der Waals surface area contributed by atoms with E-state index >= 15 is 0 Å². The monoisotopic (exact) mass is 447 g/mol. The lowest BCUT2D eigenvalue weighted by Crippen LogP contribution is -2.30. The Balaban J connectivity index is 1.52. The van der Waals surface area contributed by atoms with Crippen molar-refractivity contribution in [2.45, 2.75) is 28.4 Å². The molecule has 1 N–H and O–H groups in total. The molecule has 2 saturated heterocycles. The summed E-state index contributed by atoms with van der Waals surface area (Å²) in [5.74, 6) is 0.593. The summed E-state index contributed by atoms with van der Waals surface area (Å²) in [6, 6.07) is 11.3. The first-order valence-electron chi connectivity index (χ1n) is 10.0. The van der Waals surface area contributed by atoms with Crippen LogP contribution in [0.15, 0.2) is 64.5 Å². The maximum atomic E-state index is 13.0. The summed E-state index contributed by atoms with van der Waals surface area (Å²) >= 11 is 0. The molecule has 2 atom stereocenters. The average molecular weight is 447 g/mol. The van der Waals surface area contributed by atoms with Crippen molar-refractivity contribution in [1.29, 1.82) is 0 Å². The van der Waals surface area contributed by atoms with Gasteiger partial charge in [0.1, 0.15) is 0 Å². The molecule has 0 bridgehead atoms. The number of pyridine rings is 1. The minimum atomic E-state index is -4.62. The van der Waals surface area contributed by atoms with Gasteiger partial charge in [-0.25, -0.2) is 8.42 Å². The number of halogens is 3. The number of fused-ring (bicyclic) bond motifs is 2. The lowest BCUT2D eigenvalue weighted by Gasteiger charge is -2.21. The van der Waals surface area contributed by atoms with Crippen molar-refractivity contribution in [3.63, 3.8) is 0 Å². The van der Waals surface area contributed by atoms with E-state index in [0.29, 0.717) is 28.9 Å². The first-order chi connectivity index (χ1) is 14.7. The Morgan fingerprint density at radius 1 is 1.03 bits per heavy atom. The first-order valence-corrected chi connectivity index (χ1v) is 11.5. The summed E-state index contributed by atoms with van der Waals surface area (Å²) in [5.41, 5.74) is 0.625. The maximum Gasteiger partial charge on any atom is 0.416 e. The molecule has 3 heterocycles. The smallest absolute Gasteiger partial charge is 0.368 e. The second-order valence-electron chi connectivity index (χ2n) is 8.06. The quantitative estimate of drug-likeness (QED) is 0.660. The third-order valence-electron chi connectivity index (χ3n) is 6.15. The van der Waals surface area contributed by atoms with Gasteiger partial charge in [-0.05, 0) is 49.2 Å². The Bertz CT molecular complexity index is 1250. The topological polar surface area (TPSA) is 62.3 Å². The molecule has 0 spiro atoms. The Labute approximate surface area is 177 Å². The van der Waals surface area contributed by atoms with E-state index in [9.17, 15) is 21.6 Å². The van der Waals surface area contributed by atoms with Crippen molar-refractivity contribution in [2.24, 2.45) is 5.92 Å². The zero-order valence-corrected chi connectivity index (χ0v) is 17.2. The van der Waals surface area contributed by atoms with Gasteiger partial charge in [0.15, 0.2) is 0 Å². The Morgan fingerprint density at radius 2 is 1.84 bits per heavy atom. The van der Waals surface area contributed by atoms with Crippen LogP contribution in [0.1, 0.15) is 12.0 Å². The van der Waals surface area contributed by atoms with Crippen LogP contribution < -0.4 is 10.2 Å². The minimum absolute atomic E-state index is 0.128. The fourth-order valence-corrected chi connectivity index (χ4v) is 5.83. The minimum Gasteiger partial charge on any atom is -0.368 e. The number of para-hydroxylation sites is 1. The molecule has 3 aromatic rings. The van der Waals surface area contributed by atoms with Crippen molar-refractivity contribution >= 4 is 26.4 Å². The molecular formula is C22H20F3N3O2S. The van der Waals surface area contributed by atoms with Crippen LogP contribution in [0.3, 0.4) is 0 Å². The molecule has 31 heavy (non-hydrogen) atoms. The Hall–Kier alpha value is -2.65. The summed E-state index contributed by atoms with van der Waals surface area (Å²) in [6.45, 7) is 2.83. The highest BCUT2D eigenvalue weighted by Gasteiger charge is 2.36. The summed E-state index contributed by atoms with van der Waals surface area (Å²) < 4.78 is 65.1. The Morgan fingerprint density at radius 3 is 2.61 bits per heavy atom. The molecular weight excluding hydrogens is 427 g/mol. The normalized spacial score (nSPS) is 21.6. The zero-order valence-electron chi connectivity index (χ0n) is 16.4. The van der Waals surface area contributed by atoms with E-state index in [2.05, 4.69) is 15.2 Å². The van der Waals surface area contributed by atoms with E-state index in [0.717, 1.165) is 43.9 Å². The summed E-state index contributed by atoms with van der Waals surface area (Å²) in [7, 11) is -4.14. The highest BCUT2D eigenvalue weighted by Crippen LogP contribution is 2.35. The predicted octanol–water partition coefficient (Wildman–Crippen LogP) is 3.88. The van der Waals surface area contributed by atoms with Crippen LogP contribution in [0.5, 0.6) is 0 Å². The van der Waals surface area contributed by atoms with Gasteiger partial charge >= 0.3 is 6.18 Å². The van der Waals surface area contributed by atoms with Gasteiger partial charge in [-0.3, -0.25) is 4.98 Å². The van der Waals surface area contributed by atoms with Gasteiger partial charge < -0.3 is 10.2 Å². The lowest BCUT2D eigenvalue weighted by molar-refractivity contribution is -0.137. The van der Waals surface area contributed by atoms with Crippen LogP contribution in [0.2, 0.25) is 0 Å². The SMILES string of the molecule is O=S(=O)(c1cccc(C(F)(F)F)c1)c1cnc2c(N3CC4CCNC4C3)cccc2c1. The number of aromatic nitrogens is 1. The van der Waals surface area contributed by atoms with Gasteiger partial charge in [0, 0.05) is 30.7 Å². The highest BCUT2D eigenvalue weighted by molar-refractivity contribution is 7.91. The molecule has 0 saturated carbocycles. The summed E-state index contributed by atoms with van der Waals surface area (Å²) in [4.78, 5) is 6.15. The molecule has 2 unspecified atom stereocenters. The number of alkyl halides is 3. The van der Waals surface area contributed by atoms with Crippen molar-refractivity contribution in [3.8, 4) is 0 Å². The van der Waals surface area contributed by atoms with Crippen LogP contribution in [0.25, 0.3) is 10.9 Å². The molecule has 2 aromatic carbocycles. The molecule has 0 radical (unpaired) electrons. The maximum absolute atomic E-state index is 13.0. The molecule has 0 aliphatic carbocycles. The number of nitrogens with one attached hydrogen (secondary N) is 1. The molecule has 162 valence electrons. The fourth-order valence-electron chi connectivity index (χ4n) is 4.55. The molecule has 1 aromatic heterocycles. The van der Waals surface area contributed by atoms with Crippen LogP contribution in [0, 0.1) is 5.92 Å². The van der Waals surface area contributed by atoms with E-state index in [-0.39, 0.29) is 4.90 Å². The molecule has 5 nitrogen and oxygen atoms in total.